The highest BCUT2D eigenvalue weighted by Gasteiger charge is 2.30. The lowest BCUT2D eigenvalue weighted by molar-refractivity contribution is 0.00150. The first kappa shape index (κ1) is 18.9. The summed E-state index contributed by atoms with van der Waals surface area (Å²) in [5, 5.41) is 3.66. The lowest BCUT2D eigenvalue weighted by Crippen LogP contribution is -2.39. The van der Waals surface area contributed by atoms with E-state index in [0.717, 1.165) is 13.0 Å². The van der Waals surface area contributed by atoms with Gasteiger partial charge in [-0.15, -0.1) is 0 Å². The highest BCUT2D eigenvalue weighted by atomic mass is 16.5. The maximum absolute atomic E-state index is 5.59. The minimum atomic E-state index is 0.00443. The Bertz CT molecular complexity index is 225. The molecular formula is C17H37NO. The van der Waals surface area contributed by atoms with Crippen molar-refractivity contribution in [1.82, 2.24) is 5.32 Å². The van der Waals surface area contributed by atoms with Crippen LogP contribution in [0.4, 0.5) is 0 Å². The topological polar surface area (TPSA) is 21.3 Å². The minimum Gasteiger partial charge on any atom is -0.379 e. The predicted octanol–water partition coefficient (Wildman–Crippen LogP) is 4.78. The number of hydrogen-bond donors (Lipinski definition) is 1. The van der Waals surface area contributed by atoms with Crippen molar-refractivity contribution in [2.75, 3.05) is 13.7 Å². The van der Waals surface area contributed by atoms with Gasteiger partial charge in [-0.2, -0.15) is 0 Å². The smallest absolute Gasteiger partial charge is 0.0623 e. The van der Waals surface area contributed by atoms with Gasteiger partial charge in [0.2, 0.25) is 0 Å². The molecule has 0 heterocycles. The summed E-state index contributed by atoms with van der Waals surface area (Å²) in [5.41, 5.74) is 0.445. The van der Waals surface area contributed by atoms with Gasteiger partial charge in [-0.1, -0.05) is 40.5 Å². The fraction of sp³-hybridized carbons (Fsp3) is 1.00. The number of nitrogens with one attached hydrogen (secondary N) is 1. The molecule has 0 amide bonds. The van der Waals surface area contributed by atoms with Crippen molar-refractivity contribution in [3.05, 3.63) is 0 Å². The van der Waals surface area contributed by atoms with E-state index in [9.17, 15) is 0 Å². The van der Waals surface area contributed by atoms with Crippen LogP contribution in [0.5, 0.6) is 0 Å². The maximum Gasteiger partial charge on any atom is 0.0623 e. The Kier molecular flexibility index (Phi) is 8.93. The van der Waals surface area contributed by atoms with Gasteiger partial charge in [0.1, 0.15) is 0 Å². The summed E-state index contributed by atoms with van der Waals surface area (Å²) in [5.74, 6) is 0. The minimum absolute atomic E-state index is 0.00443. The Labute approximate surface area is 121 Å². The van der Waals surface area contributed by atoms with Crippen LogP contribution in [-0.2, 0) is 4.74 Å². The lowest BCUT2D eigenvalue weighted by Gasteiger charge is -2.37. The van der Waals surface area contributed by atoms with Gasteiger partial charge >= 0.3 is 0 Å². The normalized spacial score (nSPS) is 15.8. The zero-order valence-electron chi connectivity index (χ0n) is 14.4. The van der Waals surface area contributed by atoms with E-state index in [0.29, 0.717) is 11.5 Å². The molecule has 1 N–H and O–H groups in total. The van der Waals surface area contributed by atoms with E-state index in [1.54, 1.807) is 0 Å². The Hall–Kier alpha value is -0.0800. The molecule has 0 rings (SSSR count). The summed E-state index contributed by atoms with van der Waals surface area (Å²) >= 11 is 0. The average Bonchev–Trinajstić information content (AvgIpc) is 2.38. The molecule has 0 aliphatic rings. The van der Waals surface area contributed by atoms with Crippen LogP contribution < -0.4 is 5.32 Å². The molecule has 0 radical (unpaired) electrons. The van der Waals surface area contributed by atoms with Crippen LogP contribution in [-0.4, -0.2) is 25.3 Å². The Morgan fingerprint density at radius 3 is 2.11 bits per heavy atom. The molecular weight excluding hydrogens is 234 g/mol. The van der Waals surface area contributed by atoms with Gasteiger partial charge in [-0.25, -0.2) is 0 Å². The second-order valence-electron chi connectivity index (χ2n) is 6.96. The Balaban J connectivity index is 4.61. The number of hydrogen-bond acceptors (Lipinski definition) is 2. The van der Waals surface area contributed by atoms with E-state index in [2.05, 4.69) is 46.9 Å². The molecule has 0 saturated heterocycles. The molecule has 1 unspecified atom stereocenters. The van der Waals surface area contributed by atoms with E-state index in [1.165, 1.54) is 32.1 Å². The average molecular weight is 271 g/mol. The molecule has 0 aromatic heterocycles. The molecule has 1 atom stereocenters. The van der Waals surface area contributed by atoms with E-state index in [1.807, 2.05) is 7.11 Å². The second kappa shape index (κ2) is 8.97. The molecule has 2 heteroatoms. The summed E-state index contributed by atoms with van der Waals surface area (Å²) in [7, 11) is 1.83. The quantitative estimate of drug-likeness (QED) is 0.584. The molecule has 0 spiro atoms. The third kappa shape index (κ3) is 7.94. The van der Waals surface area contributed by atoms with Crippen molar-refractivity contribution < 1.29 is 4.74 Å². The Morgan fingerprint density at radius 2 is 1.68 bits per heavy atom. The summed E-state index contributed by atoms with van der Waals surface area (Å²) in [6.07, 6.45) is 7.61. The predicted molar refractivity (Wildman–Crippen MR) is 85.7 cm³/mol. The van der Waals surface area contributed by atoms with Crippen LogP contribution in [0.15, 0.2) is 0 Å². The molecule has 0 fully saturated rings. The van der Waals surface area contributed by atoms with E-state index in [4.69, 9.17) is 4.74 Å². The zero-order chi connectivity index (χ0) is 14.9. The molecule has 0 saturated carbocycles. The van der Waals surface area contributed by atoms with Crippen LogP contribution >= 0.6 is 0 Å². The van der Waals surface area contributed by atoms with Gasteiger partial charge in [0, 0.05) is 19.7 Å². The number of unbranched alkanes of at least 4 members (excludes halogenated alkanes) is 1. The van der Waals surface area contributed by atoms with Gasteiger partial charge < -0.3 is 10.1 Å². The fourth-order valence-corrected chi connectivity index (χ4v) is 2.42. The van der Waals surface area contributed by atoms with Gasteiger partial charge in [0.05, 0.1) is 5.60 Å². The molecule has 19 heavy (non-hydrogen) atoms. The molecule has 0 aliphatic carbocycles. The maximum atomic E-state index is 5.59. The first-order chi connectivity index (χ1) is 8.81. The van der Waals surface area contributed by atoms with Crippen LogP contribution in [0, 0.1) is 5.41 Å². The highest BCUT2D eigenvalue weighted by Crippen LogP contribution is 2.36. The van der Waals surface area contributed by atoms with Gasteiger partial charge in [0.25, 0.3) is 0 Å². The van der Waals surface area contributed by atoms with Crippen molar-refractivity contribution >= 4 is 0 Å². The third-order valence-electron chi connectivity index (χ3n) is 4.51. The van der Waals surface area contributed by atoms with E-state index < -0.39 is 0 Å². The molecule has 0 aromatic rings. The second-order valence-corrected chi connectivity index (χ2v) is 6.96. The Morgan fingerprint density at radius 1 is 1.05 bits per heavy atom. The zero-order valence-corrected chi connectivity index (χ0v) is 14.4. The summed E-state index contributed by atoms with van der Waals surface area (Å²) in [4.78, 5) is 0. The molecule has 0 aliphatic heterocycles. The molecule has 0 aromatic carbocycles. The van der Waals surface area contributed by atoms with Crippen LogP contribution in [0.2, 0.25) is 0 Å². The highest BCUT2D eigenvalue weighted by molar-refractivity contribution is 4.84. The summed E-state index contributed by atoms with van der Waals surface area (Å²) in [6.45, 7) is 14.6. The standard InChI is InChI=1S/C17H37NO/c1-8-10-11-17(9-2,14-18-15(3)4)13-12-16(5,6)19-7/h15,18H,8-14H2,1-7H3. The fourth-order valence-electron chi connectivity index (χ4n) is 2.42. The molecule has 2 nitrogen and oxygen atoms in total. The molecule has 0 bridgehead atoms. The monoisotopic (exact) mass is 271 g/mol. The third-order valence-corrected chi connectivity index (χ3v) is 4.51. The largest absolute Gasteiger partial charge is 0.379 e. The van der Waals surface area contributed by atoms with Crippen molar-refractivity contribution in [2.24, 2.45) is 5.41 Å². The first-order valence-electron chi connectivity index (χ1n) is 8.09. The van der Waals surface area contributed by atoms with Crippen LogP contribution in [0.25, 0.3) is 0 Å². The summed E-state index contributed by atoms with van der Waals surface area (Å²) in [6, 6.07) is 0.572. The summed E-state index contributed by atoms with van der Waals surface area (Å²) < 4.78 is 5.59. The van der Waals surface area contributed by atoms with Gasteiger partial charge in [-0.05, 0) is 44.9 Å². The van der Waals surface area contributed by atoms with Gasteiger partial charge in [-0.3, -0.25) is 0 Å². The van der Waals surface area contributed by atoms with E-state index in [-0.39, 0.29) is 5.60 Å². The van der Waals surface area contributed by atoms with Gasteiger partial charge in [0.15, 0.2) is 0 Å². The SMILES string of the molecule is CCCCC(CC)(CCC(C)(C)OC)CNC(C)C. The molecule has 116 valence electrons. The van der Waals surface area contributed by atoms with E-state index >= 15 is 0 Å². The first-order valence-corrected chi connectivity index (χ1v) is 8.09. The van der Waals surface area contributed by atoms with Crippen molar-refractivity contribution in [3.63, 3.8) is 0 Å². The number of ether oxygens (including phenoxy) is 1. The number of methoxy groups -OCH3 is 1. The van der Waals surface area contributed by atoms with Crippen LogP contribution in [0.1, 0.15) is 80.1 Å². The lowest BCUT2D eigenvalue weighted by atomic mass is 9.74. The van der Waals surface area contributed by atoms with Crippen molar-refractivity contribution in [1.29, 1.82) is 0 Å². The van der Waals surface area contributed by atoms with Crippen LogP contribution in [0.3, 0.4) is 0 Å². The van der Waals surface area contributed by atoms with Crippen molar-refractivity contribution in [3.8, 4) is 0 Å². The van der Waals surface area contributed by atoms with Crippen molar-refractivity contribution in [2.45, 2.75) is 91.7 Å². The number of rotatable bonds is 11.